The van der Waals surface area contributed by atoms with E-state index >= 15 is 0 Å². The topological polar surface area (TPSA) is 0 Å². The molecule has 0 atom stereocenters. The third-order valence-corrected chi connectivity index (χ3v) is 14.4. The first kappa shape index (κ1) is 44.8. The summed E-state index contributed by atoms with van der Waals surface area (Å²) >= 11 is -0.826. The van der Waals surface area contributed by atoms with Crippen molar-refractivity contribution >= 4 is 48.1 Å². The van der Waals surface area contributed by atoms with Gasteiger partial charge in [-0.2, -0.15) is 12.1 Å². The zero-order valence-corrected chi connectivity index (χ0v) is 41.8. The second-order valence-electron chi connectivity index (χ2n) is 19.8. The quantitative estimate of drug-likeness (QED) is 0.119. The van der Waals surface area contributed by atoms with E-state index in [0.29, 0.717) is 5.41 Å². The van der Waals surface area contributed by atoms with E-state index < -0.39 is 20.8 Å². The monoisotopic (exact) mass is 914 g/mol. The van der Waals surface area contributed by atoms with Crippen LogP contribution in [0.2, 0.25) is 13.1 Å². The molecule has 0 aromatic heterocycles. The van der Waals surface area contributed by atoms with Crippen molar-refractivity contribution in [3.8, 4) is 22.3 Å². The molecule has 5 aliphatic rings. The van der Waals surface area contributed by atoms with Gasteiger partial charge in [-0.1, -0.05) is 132 Å². The Hall–Kier alpha value is -2.22. The molecular formula is C55H66Cl2SiZr. The predicted octanol–water partition coefficient (Wildman–Crippen LogP) is 17.2. The van der Waals surface area contributed by atoms with Gasteiger partial charge in [-0.3, -0.25) is 0 Å². The van der Waals surface area contributed by atoms with Gasteiger partial charge in [-0.25, -0.2) is 0 Å². The van der Waals surface area contributed by atoms with Gasteiger partial charge in [-0.15, -0.1) is 69.1 Å². The van der Waals surface area contributed by atoms with Crippen molar-refractivity contribution in [2.24, 2.45) is 23.7 Å². The van der Waals surface area contributed by atoms with E-state index in [-0.39, 0.29) is 5.41 Å². The number of benzene rings is 4. The summed E-state index contributed by atoms with van der Waals surface area (Å²) in [6.45, 7) is 15.8. The van der Waals surface area contributed by atoms with Crippen molar-refractivity contribution in [1.82, 2.24) is 0 Å². The van der Waals surface area contributed by atoms with Gasteiger partial charge in [0.25, 0.3) is 0 Å². The Kier molecular flexibility index (Phi) is 15.1. The molecule has 4 bridgehead atoms. The van der Waals surface area contributed by atoms with Crippen molar-refractivity contribution in [2.45, 2.75) is 135 Å². The molecule has 4 heteroatoms. The number of hydrogen-bond donors (Lipinski definition) is 0. The molecule has 6 aromatic rings. The van der Waals surface area contributed by atoms with Crippen LogP contribution in [-0.4, -0.2) is 9.52 Å². The number of hydrogen-bond acceptors (Lipinski definition) is 0. The van der Waals surface area contributed by atoms with Crippen LogP contribution in [0, 0.1) is 23.7 Å². The second kappa shape index (κ2) is 19.9. The summed E-state index contributed by atoms with van der Waals surface area (Å²) in [4.78, 5) is 0. The second-order valence-corrected chi connectivity index (χ2v) is 24.5. The van der Waals surface area contributed by atoms with Crippen LogP contribution in [0.3, 0.4) is 0 Å². The Balaban J connectivity index is 0.000000158. The molecule has 0 heterocycles. The Morgan fingerprint density at radius 3 is 1.64 bits per heavy atom. The van der Waals surface area contributed by atoms with E-state index in [1.165, 1.54) is 119 Å². The van der Waals surface area contributed by atoms with Crippen LogP contribution in [0.25, 0.3) is 43.8 Å². The Morgan fingerprint density at radius 1 is 0.678 bits per heavy atom. The summed E-state index contributed by atoms with van der Waals surface area (Å²) in [7, 11) is 11.0. The van der Waals surface area contributed by atoms with Crippen molar-refractivity contribution in [1.29, 1.82) is 0 Å². The van der Waals surface area contributed by atoms with Crippen LogP contribution >= 0.6 is 17.0 Å². The number of aryl methyl sites for hydroxylation is 1. The number of rotatable bonds is 5. The van der Waals surface area contributed by atoms with Crippen LogP contribution in [-0.2, 0) is 38.1 Å². The molecule has 0 nitrogen and oxygen atoms in total. The Labute approximate surface area is 378 Å². The fourth-order valence-corrected chi connectivity index (χ4v) is 11.7. The first-order valence-electron chi connectivity index (χ1n) is 22.6. The third-order valence-electron chi connectivity index (χ3n) is 14.4. The predicted molar refractivity (Wildman–Crippen MR) is 257 cm³/mol. The van der Waals surface area contributed by atoms with E-state index in [0.717, 1.165) is 45.5 Å². The van der Waals surface area contributed by atoms with Gasteiger partial charge >= 0.3 is 37.9 Å². The van der Waals surface area contributed by atoms with E-state index in [2.05, 4.69) is 157 Å². The van der Waals surface area contributed by atoms with Crippen LogP contribution in [0.4, 0.5) is 0 Å². The van der Waals surface area contributed by atoms with E-state index in [1.54, 1.807) is 11.1 Å². The molecule has 11 rings (SSSR count). The maximum atomic E-state index is 4.93. The Morgan fingerprint density at radius 2 is 1.15 bits per heavy atom. The third kappa shape index (κ3) is 10.4. The normalized spacial score (nSPS) is 24.3. The van der Waals surface area contributed by atoms with Crippen molar-refractivity contribution < 1.29 is 20.8 Å². The fraction of sp³-hybridized carbons (Fsp3) is 0.455. The van der Waals surface area contributed by atoms with Gasteiger partial charge in [0.05, 0.1) is 0 Å². The molecule has 0 N–H and O–H groups in total. The maximum absolute atomic E-state index is 4.93. The average molecular weight is 917 g/mol. The molecule has 0 saturated heterocycles. The van der Waals surface area contributed by atoms with Crippen LogP contribution in [0.15, 0.2) is 109 Å². The first-order chi connectivity index (χ1) is 28.5. The van der Waals surface area contributed by atoms with Gasteiger partial charge in [0.15, 0.2) is 0 Å². The van der Waals surface area contributed by atoms with E-state index in [1.807, 2.05) is 0 Å². The molecule has 59 heavy (non-hydrogen) atoms. The van der Waals surface area contributed by atoms with Crippen molar-refractivity contribution in [3.63, 3.8) is 0 Å². The number of fused-ring (bicyclic) bond motifs is 2. The van der Waals surface area contributed by atoms with Gasteiger partial charge < -0.3 is 0 Å². The molecule has 0 unspecified atom stereocenters. The fourth-order valence-electron chi connectivity index (χ4n) is 11.7. The molecule has 5 fully saturated rings. The van der Waals surface area contributed by atoms with Gasteiger partial charge in [-0.05, 0) is 120 Å². The molecule has 308 valence electrons. The van der Waals surface area contributed by atoms with Crippen molar-refractivity contribution in [3.05, 3.63) is 131 Å². The standard InChI is InChI=1S/C27H29.C26H31.C2H6Si.2ClH.Zr/c1-2-18-13-23-4-3-5-25(26(23)14-18)22-6-8-24(9-7-22)27-15-19-10-20(16-27)12-21(11-19)17-27;1-18-8-10-19(11-9-18)22-16-21-6-5-7-24(25(21)17-22)20-12-14-23(15-13-20)26(2,3)4;1-3-2;;;/h3-9,13-14,19-21H,2,10-12,15-17H2,1H3;5-7,12-19H,8-11H2,1-4H3;1-2H3;2*1H;/q2*-1;;;;+4/p-2. The van der Waals surface area contributed by atoms with E-state index in [9.17, 15) is 0 Å². The zero-order valence-electron chi connectivity index (χ0n) is 36.8. The summed E-state index contributed by atoms with van der Waals surface area (Å²) in [5, 5.41) is 5.62. The van der Waals surface area contributed by atoms with E-state index in [4.69, 9.17) is 17.0 Å². The van der Waals surface area contributed by atoms with Gasteiger partial charge in [0, 0.05) is 9.52 Å². The minimum atomic E-state index is -0.826. The summed E-state index contributed by atoms with van der Waals surface area (Å²) < 4.78 is 0. The minimum absolute atomic E-state index is 0.204. The van der Waals surface area contributed by atoms with Gasteiger partial charge in [0.2, 0.25) is 0 Å². The van der Waals surface area contributed by atoms with Crippen LogP contribution < -0.4 is 0 Å². The molecule has 5 aliphatic carbocycles. The van der Waals surface area contributed by atoms with Crippen LogP contribution in [0.5, 0.6) is 0 Å². The SMILES string of the molecule is CC1CCC(c2cc3c(-c4ccc(C(C)(C)C)cc4)cccc3[cH-]2)CC1.CCc1cc2c(-c3ccc(C45CC6CC(CC(C6)C4)C5)cc3)cccc2[cH-]1.C[Si]C.[Cl][Zr+2][Cl]. The summed E-state index contributed by atoms with van der Waals surface area (Å²) in [5.41, 5.74) is 12.2. The average Bonchev–Trinajstić information content (AvgIpc) is 3.86. The molecule has 2 radical (unpaired) electrons. The van der Waals surface area contributed by atoms with Crippen LogP contribution in [0.1, 0.15) is 127 Å². The molecule has 0 spiro atoms. The summed E-state index contributed by atoms with van der Waals surface area (Å²) in [5.74, 6) is 4.71. The zero-order chi connectivity index (χ0) is 41.7. The van der Waals surface area contributed by atoms with Crippen molar-refractivity contribution in [2.75, 3.05) is 0 Å². The molecule has 6 aromatic carbocycles. The molecule has 0 aliphatic heterocycles. The molecule has 0 amide bonds. The first-order valence-corrected chi connectivity index (χ1v) is 30.9. The summed E-state index contributed by atoms with van der Waals surface area (Å²) in [6.07, 6.45) is 15.5. The molecule has 5 saturated carbocycles. The van der Waals surface area contributed by atoms with Gasteiger partial charge in [0.1, 0.15) is 0 Å². The summed E-state index contributed by atoms with van der Waals surface area (Å²) in [6, 6.07) is 42.1. The molecular weight excluding hydrogens is 851 g/mol. The Bertz CT molecular complexity index is 2210. The number of halogens is 2.